The van der Waals surface area contributed by atoms with Crippen molar-refractivity contribution in [3.8, 4) is 5.75 Å². The zero-order valence-corrected chi connectivity index (χ0v) is 16.4. The SMILES string of the molecule is CC(=O)N1CCN2C(=O)CNCCNC(=O)c3cc(C(F)(F)F)ccc3OC[C@@H]2C1. The number of rotatable bonds is 0. The lowest BCUT2D eigenvalue weighted by Gasteiger charge is -2.41. The van der Waals surface area contributed by atoms with E-state index < -0.39 is 23.7 Å². The fourth-order valence-corrected chi connectivity index (χ4v) is 3.46. The molecule has 1 fully saturated rings. The molecule has 2 aliphatic rings. The van der Waals surface area contributed by atoms with Crippen LogP contribution in [0.25, 0.3) is 0 Å². The van der Waals surface area contributed by atoms with Crippen LogP contribution < -0.4 is 15.4 Å². The summed E-state index contributed by atoms with van der Waals surface area (Å²) >= 11 is 0. The standard InChI is InChI=1S/C19H23F3N4O4/c1-12(27)25-6-7-26-14(10-25)11-30-16-3-2-13(19(20,21)22)8-15(16)18(29)24-5-4-23-9-17(26)28/h2-3,8,14,23H,4-7,9-11H2,1H3,(H,24,29)/t14-/m0/s1. The lowest BCUT2D eigenvalue weighted by molar-refractivity contribution is -0.142. The van der Waals surface area contributed by atoms with Crippen LogP contribution in [-0.2, 0) is 15.8 Å². The summed E-state index contributed by atoms with van der Waals surface area (Å²) in [6, 6.07) is 2.21. The first-order valence-corrected chi connectivity index (χ1v) is 9.54. The molecule has 1 aromatic carbocycles. The average molecular weight is 428 g/mol. The molecule has 11 heteroatoms. The number of amides is 3. The molecule has 3 amide bonds. The Morgan fingerprint density at radius 3 is 2.67 bits per heavy atom. The molecule has 0 bridgehead atoms. The van der Waals surface area contributed by atoms with Gasteiger partial charge in [-0.25, -0.2) is 0 Å². The number of nitrogens with one attached hydrogen (secondary N) is 2. The number of nitrogens with zero attached hydrogens (tertiary/aromatic N) is 2. The van der Waals surface area contributed by atoms with Crippen molar-refractivity contribution in [3.05, 3.63) is 29.3 Å². The van der Waals surface area contributed by atoms with Gasteiger partial charge in [0.25, 0.3) is 5.91 Å². The fourth-order valence-electron chi connectivity index (χ4n) is 3.46. The predicted molar refractivity (Wildman–Crippen MR) is 99.9 cm³/mol. The molecule has 2 heterocycles. The molecule has 1 saturated heterocycles. The number of hydrogen-bond acceptors (Lipinski definition) is 5. The first kappa shape index (κ1) is 21.9. The van der Waals surface area contributed by atoms with Crippen LogP contribution >= 0.6 is 0 Å². The lowest BCUT2D eigenvalue weighted by Crippen LogP contribution is -2.59. The summed E-state index contributed by atoms with van der Waals surface area (Å²) in [6.07, 6.45) is -4.60. The number of carbonyl (C=O) groups is 3. The van der Waals surface area contributed by atoms with Gasteiger partial charge in [-0.15, -0.1) is 0 Å². The van der Waals surface area contributed by atoms with Crippen molar-refractivity contribution in [3.63, 3.8) is 0 Å². The summed E-state index contributed by atoms with van der Waals surface area (Å²) in [5.41, 5.74) is -1.19. The summed E-state index contributed by atoms with van der Waals surface area (Å²) in [5.74, 6) is -1.03. The zero-order valence-electron chi connectivity index (χ0n) is 16.4. The summed E-state index contributed by atoms with van der Waals surface area (Å²) in [7, 11) is 0. The van der Waals surface area contributed by atoms with Crippen LogP contribution in [0.3, 0.4) is 0 Å². The number of hydrogen-bond donors (Lipinski definition) is 2. The number of piperazine rings is 1. The molecular formula is C19H23F3N4O4. The van der Waals surface area contributed by atoms with E-state index in [4.69, 9.17) is 4.74 Å². The number of fused-ring (bicyclic) bond motifs is 2. The van der Waals surface area contributed by atoms with Crippen LogP contribution in [0.15, 0.2) is 18.2 Å². The molecule has 8 nitrogen and oxygen atoms in total. The van der Waals surface area contributed by atoms with Gasteiger partial charge in [-0.3, -0.25) is 14.4 Å². The van der Waals surface area contributed by atoms with E-state index in [2.05, 4.69) is 10.6 Å². The highest BCUT2D eigenvalue weighted by Crippen LogP contribution is 2.33. The van der Waals surface area contributed by atoms with E-state index in [-0.39, 0.29) is 55.9 Å². The highest BCUT2D eigenvalue weighted by atomic mass is 19.4. The molecule has 30 heavy (non-hydrogen) atoms. The van der Waals surface area contributed by atoms with Gasteiger partial charge in [0.1, 0.15) is 12.4 Å². The largest absolute Gasteiger partial charge is 0.491 e. The first-order valence-electron chi connectivity index (χ1n) is 9.54. The molecule has 3 rings (SSSR count). The summed E-state index contributed by atoms with van der Waals surface area (Å²) in [4.78, 5) is 40.0. The maximum atomic E-state index is 13.1. The van der Waals surface area contributed by atoms with E-state index in [9.17, 15) is 27.6 Å². The number of carbonyl (C=O) groups excluding carboxylic acids is 3. The van der Waals surface area contributed by atoms with Crippen molar-refractivity contribution in [2.45, 2.75) is 19.1 Å². The lowest BCUT2D eigenvalue weighted by atomic mass is 10.1. The number of benzene rings is 1. The Balaban J connectivity index is 1.90. The van der Waals surface area contributed by atoms with E-state index in [1.807, 2.05) is 0 Å². The fraction of sp³-hybridized carbons (Fsp3) is 0.526. The third kappa shape index (κ3) is 5.02. The van der Waals surface area contributed by atoms with Gasteiger partial charge < -0.3 is 25.2 Å². The molecule has 1 atom stereocenters. The molecule has 2 aliphatic heterocycles. The van der Waals surface area contributed by atoms with Crippen molar-refractivity contribution in [1.82, 2.24) is 20.4 Å². The van der Waals surface area contributed by atoms with Gasteiger partial charge in [-0.2, -0.15) is 13.2 Å². The van der Waals surface area contributed by atoms with Crippen molar-refractivity contribution in [2.75, 3.05) is 45.9 Å². The summed E-state index contributed by atoms with van der Waals surface area (Å²) < 4.78 is 45.0. The normalized spacial score (nSPS) is 21.3. The molecule has 0 spiro atoms. The highest BCUT2D eigenvalue weighted by molar-refractivity contribution is 5.97. The minimum absolute atomic E-state index is 0.0138. The van der Waals surface area contributed by atoms with Crippen LogP contribution in [0, 0.1) is 0 Å². The second-order valence-corrected chi connectivity index (χ2v) is 7.16. The summed E-state index contributed by atoms with van der Waals surface area (Å²) in [6.45, 7) is 2.75. The second-order valence-electron chi connectivity index (χ2n) is 7.16. The van der Waals surface area contributed by atoms with Gasteiger partial charge >= 0.3 is 6.18 Å². The molecule has 0 aliphatic carbocycles. The number of alkyl halides is 3. The Labute approximate surface area is 171 Å². The molecule has 0 unspecified atom stereocenters. The monoisotopic (exact) mass is 428 g/mol. The van der Waals surface area contributed by atoms with Crippen molar-refractivity contribution >= 4 is 17.7 Å². The average Bonchev–Trinajstić information content (AvgIpc) is 2.70. The minimum atomic E-state index is -4.60. The second kappa shape index (κ2) is 8.90. The Hall–Kier alpha value is -2.82. The topological polar surface area (TPSA) is 91.0 Å². The minimum Gasteiger partial charge on any atom is -0.491 e. The highest BCUT2D eigenvalue weighted by Gasteiger charge is 2.34. The quantitative estimate of drug-likeness (QED) is 0.627. The Morgan fingerprint density at radius 2 is 1.97 bits per heavy atom. The van der Waals surface area contributed by atoms with Gasteiger partial charge in [-0.05, 0) is 18.2 Å². The van der Waals surface area contributed by atoms with E-state index in [1.165, 1.54) is 6.92 Å². The Morgan fingerprint density at radius 1 is 1.20 bits per heavy atom. The molecule has 2 N–H and O–H groups in total. The van der Waals surface area contributed by atoms with E-state index in [1.54, 1.807) is 9.80 Å². The van der Waals surface area contributed by atoms with Crippen LogP contribution in [0.5, 0.6) is 5.75 Å². The predicted octanol–water partition coefficient (Wildman–Crippen LogP) is 0.477. The van der Waals surface area contributed by atoms with E-state index in [0.717, 1.165) is 18.2 Å². The third-order valence-electron chi connectivity index (χ3n) is 5.09. The van der Waals surface area contributed by atoms with Gasteiger partial charge in [0, 0.05) is 39.6 Å². The van der Waals surface area contributed by atoms with Gasteiger partial charge in [0.2, 0.25) is 11.8 Å². The smallest absolute Gasteiger partial charge is 0.416 e. The maximum Gasteiger partial charge on any atom is 0.416 e. The van der Waals surface area contributed by atoms with Gasteiger partial charge in [0.05, 0.1) is 23.7 Å². The van der Waals surface area contributed by atoms with Crippen molar-refractivity contribution < 1.29 is 32.3 Å². The molecule has 1 aromatic rings. The third-order valence-corrected chi connectivity index (χ3v) is 5.09. The van der Waals surface area contributed by atoms with E-state index in [0.29, 0.717) is 13.1 Å². The van der Waals surface area contributed by atoms with Crippen LogP contribution in [-0.4, -0.2) is 79.4 Å². The van der Waals surface area contributed by atoms with Crippen LogP contribution in [0.1, 0.15) is 22.8 Å². The molecule has 0 saturated carbocycles. The number of halogens is 3. The Kier molecular flexibility index (Phi) is 6.49. The Bertz CT molecular complexity index is 830. The van der Waals surface area contributed by atoms with Gasteiger partial charge in [0.15, 0.2) is 0 Å². The molecule has 164 valence electrons. The summed E-state index contributed by atoms with van der Waals surface area (Å²) in [5, 5.41) is 5.44. The van der Waals surface area contributed by atoms with Crippen LogP contribution in [0.4, 0.5) is 13.2 Å². The van der Waals surface area contributed by atoms with Gasteiger partial charge in [-0.1, -0.05) is 0 Å². The maximum absolute atomic E-state index is 13.1. The first-order chi connectivity index (χ1) is 14.2. The molecular weight excluding hydrogens is 405 g/mol. The van der Waals surface area contributed by atoms with Crippen LogP contribution in [0.2, 0.25) is 0 Å². The molecule has 0 radical (unpaired) electrons. The molecule has 0 aromatic heterocycles. The van der Waals surface area contributed by atoms with E-state index >= 15 is 0 Å². The van der Waals surface area contributed by atoms with Crippen molar-refractivity contribution in [2.24, 2.45) is 0 Å². The zero-order chi connectivity index (χ0) is 21.9. The number of ether oxygens (including phenoxy) is 1. The van der Waals surface area contributed by atoms with Crippen molar-refractivity contribution in [1.29, 1.82) is 0 Å².